The lowest BCUT2D eigenvalue weighted by atomic mass is 9.93. The van der Waals surface area contributed by atoms with Crippen molar-refractivity contribution >= 4 is 11.8 Å². The molecule has 0 heterocycles. The van der Waals surface area contributed by atoms with Crippen LogP contribution in [0.4, 0.5) is 4.79 Å². The van der Waals surface area contributed by atoms with Crippen LogP contribution in [0.5, 0.6) is 0 Å². The number of carbonyl (C=O) groups excluding carboxylic acids is 2. The maximum atomic E-state index is 11.7. The third-order valence-electron chi connectivity index (χ3n) is 2.42. The standard InChI is InChI=1S/C10H21N3O2/c1-3-8(6-13-10(12)15)9(14)4-7(2)5-11/h7-8H,3-6,11H2,1-2H3,(H3,12,13,15). The van der Waals surface area contributed by atoms with Gasteiger partial charge in [0, 0.05) is 18.9 Å². The SMILES string of the molecule is CCC(CNC(N)=O)C(=O)CC(C)CN. The highest BCUT2D eigenvalue weighted by molar-refractivity contribution is 5.82. The molecule has 0 aliphatic rings. The molecule has 0 aliphatic heterocycles. The van der Waals surface area contributed by atoms with Gasteiger partial charge in [-0.2, -0.15) is 0 Å². The Bertz CT molecular complexity index is 219. The van der Waals surface area contributed by atoms with Crippen LogP contribution in [0.15, 0.2) is 0 Å². The summed E-state index contributed by atoms with van der Waals surface area (Å²) in [5.74, 6) is 0.191. The van der Waals surface area contributed by atoms with Gasteiger partial charge in [-0.15, -0.1) is 0 Å². The van der Waals surface area contributed by atoms with Crippen LogP contribution in [-0.4, -0.2) is 24.9 Å². The number of ketones is 1. The Labute approximate surface area is 90.6 Å². The molecule has 2 atom stereocenters. The highest BCUT2D eigenvalue weighted by Gasteiger charge is 2.18. The zero-order valence-electron chi connectivity index (χ0n) is 9.45. The average molecular weight is 215 g/mol. The number of Topliss-reactive ketones (excluding diaryl/α,β-unsaturated/α-hetero) is 1. The summed E-state index contributed by atoms with van der Waals surface area (Å²) in [4.78, 5) is 22.2. The second-order valence-corrected chi connectivity index (χ2v) is 3.86. The van der Waals surface area contributed by atoms with Gasteiger partial charge in [0.05, 0.1) is 0 Å². The Kier molecular flexibility index (Phi) is 6.70. The molecule has 0 saturated carbocycles. The summed E-state index contributed by atoms with van der Waals surface area (Å²) < 4.78 is 0. The maximum Gasteiger partial charge on any atom is 0.312 e. The van der Waals surface area contributed by atoms with Gasteiger partial charge >= 0.3 is 6.03 Å². The van der Waals surface area contributed by atoms with Gasteiger partial charge < -0.3 is 16.8 Å². The number of primary amides is 1. The fraction of sp³-hybridized carbons (Fsp3) is 0.800. The molecule has 88 valence electrons. The van der Waals surface area contributed by atoms with Crippen molar-refractivity contribution in [1.82, 2.24) is 5.32 Å². The minimum absolute atomic E-state index is 0.143. The van der Waals surface area contributed by atoms with Gasteiger partial charge in [-0.25, -0.2) is 4.79 Å². The monoisotopic (exact) mass is 215 g/mol. The van der Waals surface area contributed by atoms with E-state index in [-0.39, 0.29) is 17.6 Å². The summed E-state index contributed by atoms with van der Waals surface area (Å²) in [5, 5.41) is 2.46. The molecule has 0 bridgehead atoms. The summed E-state index contributed by atoms with van der Waals surface area (Å²) in [7, 11) is 0. The van der Waals surface area contributed by atoms with Crippen molar-refractivity contribution in [2.45, 2.75) is 26.7 Å². The number of carbonyl (C=O) groups is 2. The third kappa shape index (κ3) is 6.06. The number of urea groups is 1. The van der Waals surface area contributed by atoms with Crippen LogP contribution in [0.3, 0.4) is 0 Å². The smallest absolute Gasteiger partial charge is 0.312 e. The van der Waals surface area contributed by atoms with Crippen LogP contribution >= 0.6 is 0 Å². The number of rotatable bonds is 7. The molecule has 0 aromatic carbocycles. The van der Waals surface area contributed by atoms with E-state index in [1.165, 1.54) is 0 Å². The number of hydrogen-bond donors (Lipinski definition) is 3. The topological polar surface area (TPSA) is 98.2 Å². The number of nitrogens with two attached hydrogens (primary N) is 2. The predicted octanol–water partition coefficient (Wildman–Crippen LogP) is 0.235. The van der Waals surface area contributed by atoms with Crippen molar-refractivity contribution in [3.63, 3.8) is 0 Å². The first-order valence-electron chi connectivity index (χ1n) is 5.27. The number of amides is 2. The first kappa shape index (κ1) is 13.9. The minimum atomic E-state index is -0.590. The molecule has 0 spiro atoms. The van der Waals surface area contributed by atoms with E-state index in [9.17, 15) is 9.59 Å². The Morgan fingerprint density at radius 1 is 1.40 bits per heavy atom. The molecule has 2 amide bonds. The van der Waals surface area contributed by atoms with E-state index < -0.39 is 6.03 Å². The van der Waals surface area contributed by atoms with Crippen LogP contribution < -0.4 is 16.8 Å². The molecule has 0 aromatic rings. The zero-order valence-corrected chi connectivity index (χ0v) is 9.45. The molecule has 0 aliphatic carbocycles. The zero-order chi connectivity index (χ0) is 11.8. The molecule has 0 radical (unpaired) electrons. The lowest BCUT2D eigenvalue weighted by Crippen LogP contribution is -2.36. The second kappa shape index (κ2) is 7.23. The van der Waals surface area contributed by atoms with Gasteiger partial charge in [-0.1, -0.05) is 13.8 Å². The molecular weight excluding hydrogens is 194 g/mol. The van der Waals surface area contributed by atoms with Gasteiger partial charge in [-0.3, -0.25) is 4.79 Å². The van der Waals surface area contributed by atoms with Crippen LogP contribution in [-0.2, 0) is 4.79 Å². The summed E-state index contributed by atoms with van der Waals surface area (Å²) in [6.45, 7) is 4.68. The Hall–Kier alpha value is -1.10. The number of nitrogens with one attached hydrogen (secondary N) is 1. The fourth-order valence-corrected chi connectivity index (χ4v) is 1.30. The van der Waals surface area contributed by atoms with E-state index in [1.807, 2.05) is 13.8 Å². The highest BCUT2D eigenvalue weighted by Crippen LogP contribution is 2.10. The first-order valence-corrected chi connectivity index (χ1v) is 5.27. The van der Waals surface area contributed by atoms with Crippen molar-refractivity contribution in [2.75, 3.05) is 13.1 Å². The fourth-order valence-electron chi connectivity index (χ4n) is 1.30. The van der Waals surface area contributed by atoms with E-state index >= 15 is 0 Å². The average Bonchev–Trinajstić information content (AvgIpc) is 2.18. The van der Waals surface area contributed by atoms with Gasteiger partial charge in [0.15, 0.2) is 0 Å². The van der Waals surface area contributed by atoms with Crippen molar-refractivity contribution in [1.29, 1.82) is 0 Å². The lowest BCUT2D eigenvalue weighted by Gasteiger charge is -2.15. The van der Waals surface area contributed by atoms with Crippen LogP contribution in [0.25, 0.3) is 0 Å². The Balaban J connectivity index is 4.04. The van der Waals surface area contributed by atoms with Crippen LogP contribution in [0.1, 0.15) is 26.7 Å². The summed E-state index contributed by atoms with van der Waals surface area (Å²) >= 11 is 0. The first-order chi connectivity index (χ1) is 7.01. The van der Waals surface area contributed by atoms with E-state index in [4.69, 9.17) is 11.5 Å². The summed E-state index contributed by atoms with van der Waals surface area (Å²) in [6, 6.07) is -0.590. The van der Waals surface area contributed by atoms with E-state index in [2.05, 4.69) is 5.32 Å². The minimum Gasteiger partial charge on any atom is -0.352 e. The summed E-state index contributed by atoms with van der Waals surface area (Å²) in [5.41, 5.74) is 10.4. The molecule has 0 rings (SSSR count). The van der Waals surface area contributed by atoms with Crippen LogP contribution in [0, 0.1) is 11.8 Å². The molecular formula is C10H21N3O2. The van der Waals surface area contributed by atoms with E-state index in [0.29, 0.717) is 25.9 Å². The maximum absolute atomic E-state index is 11.7. The lowest BCUT2D eigenvalue weighted by molar-refractivity contribution is -0.123. The van der Waals surface area contributed by atoms with Gasteiger partial charge in [0.25, 0.3) is 0 Å². The van der Waals surface area contributed by atoms with E-state index in [1.54, 1.807) is 0 Å². The van der Waals surface area contributed by atoms with Crippen molar-refractivity contribution in [3.8, 4) is 0 Å². The normalized spacial score (nSPS) is 14.3. The second-order valence-electron chi connectivity index (χ2n) is 3.86. The molecule has 0 saturated heterocycles. The van der Waals surface area contributed by atoms with Gasteiger partial charge in [0.1, 0.15) is 5.78 Å². The quantitative estimate of drug-likeness (QED) is 0.567. The molecule has 5 heteroatoms. The van der Waals surface area contributed by atoms with E-state index in [0.717, 1.165) is 0 Å². The third-order valence-corrected chi connectivity index (χ3v) is 2.42. The number of hydrogen-bond acceptors (Lipinski definition) is 3. The largest absolute Gasteiger partial charge is 0.352 e. The molecule has 5 nitrogen and oxygen atoms in total. The van der Waals surface area contributed by atoms with Crippen molar-refractivity contribution in [2.24, 2.45) is 23.3 Å². The van der Waals surface area contributed by atoms with Crippen molar-refractivity contribution < 1.29 is 9.59 Å². The molecule has 0 fully saturated rings. The van der Waals surface area contributed by atoms with Crippen LogP contribution in [0.2, 0.25) is 0 Å². The van der Waals surface area contributed by atoms with Gasteiger partial charge in [-0.05, 0) is 18.9 Å². The molecule has 15 heavy (non-hydrogen) atoms. The van der Waals surface area contributed by atoms with Gasteiger partial charge in [0.2, 0.25) is 0 Å². The molecule has 5 N–H and O–H groups in total. The highest BCUT2D eigenvalue weighted by atomic mass is 16.2. The Morgan fingerprint density at radius 2 is 2.00 bits per heavy atom. The molecule has 2 unspecified atom stereocenters. The summed E-state index contributed by atoms with van der Waals surface area (Å²) in [6.07, 6.45) is 1.17. The predicted molar refractivity (Wildman–Crippen MR) is 59.2 cm³/mol. The Morgan fingerprint density at radius 3 is 2.40 bits per heavy atom. The molecule has 0 aromatic heterocycles. The van der Waals surface area contributed by atoms with Crippen molar-refractivity contribution in [3.05, 3.63) is 0 Å².